The van der Waals surface area contributed by atoms with Crippen LogP contribution in [0.2, 0.25) is 0 Å². The van der Waals surface area contributed by atoms with E-state index in [2.05, 4.69) is 63.3 Å². The molecular weight excluding hydrogens is 220 g/mol. The number of nitrogens with one attached hydrogen (secondary N) is 1. The van der Waals surface area contributed by atoms with Crippen molar-refractivity contribution in [3.8, 4) is 0 Å². The van der Waals surface area contributed by atoms with E-state index in [1.54, 1.807) is 0 Å². The maximum Gasteiger partial charge on any atom is 0.0356 e. The third-order valence-electron chi connectivity index (χ3n) is 3.62. The lowest BCUT2D eigenvalue weighted by Crippen LogP contribution is -2.24. The van der Waals surface area contributed by atoms with Gasteiger partial charge in [0.25, 0.3) is 0 Å². The van der Waals surface area contributed by atoms with Gasteiger partial charge < -0.3 is 10.2 Å². The number of hydrogen-bond donors (Lipinski definition) is 1. The van der Waals surface area contributed by atoms with Crippen molar-refractivity contribution >= 4 is 0 Å². The van der Waals surface area contributed by atoms with E-state index in [4.69, 9.17) is 0 Å². The molecule has 1 aromatic rings. The second-order valence-electron chi connectivity index (χ2n) is 5.64. The number of rotatable bonds is 6. The van der Waals surface area contributed by atoms with E-state index in [0.717, 1.165) is 13.0 Å². The van der Waals surface area contributed by atoms with Crippen LogP contribution in [0.25, 0.3) is 0 Å². The Morgan fingerprint density at radius 3 is 2.39 bits per heavy atom. The topological polar surface area (TPSA) is 15.3 Å². The second-order valence-corrected chi connectivity index (χ2v) is 5.64. The van der Waals surface area contributed by atoms with Crippen molar-refractivity contribution in [3.63, 3.8) is 0 Å². The Kier molecular flexibility index (Phi) is 5.83. The lowest BCUT2D eigenvalue weighted by atomic mass is 9.92. The molecule has 0 aliphatic carbocycles. The largest absolute Gasteiger partial charge is 0.320 e. The summed E-state index contributed by atoms with van der Waals surface area (Å²) in [6, 6.07) is 7.41. The number of aryl methyl sites for hydroxylation is 1. The smallest absolute Gasteiger partial charge is 0.0356 e. The van der Waals surface area contributed by atoms with Crippen molar-refractivity contribution in [2.24, 2.45) is 0 Å². The molecule has 18 heavy (non-hydrogen) atoms. The van der Waals surface area contributed by atoms with Crippen LogP contribution < -0.4 is 5.32 Å². The van der Waals surface area contributed by atoms with Crippen LogP contribution >= 0.6 is 0 Å². The summed E-state index contributed by atoms with van der Waals surface area (Å²) in [5.74, 6) is 0.594. The van der Waals surface area contributed by atoms with Crippen LogP contribution in [0.3, 0.4) is 0 Å². The van der Waals surface area contributed by atoms with Crippen molar-refractivity contribution in [3.05, 3.63) is 34.9 Å². The van der Waals surface area contributed by atoms with E-state index in [1.807, 2.05) is 7.05 Å². The molecule has 1 N–H and O–H groups in total. The van der Waals surface area contributed by atoms with Crippen molar-refractivity contribution < 1.29 is 0 Å². The molecule has 0 saturated carbocycles. The summed E-state index contributed by atoms with van der Waals surface area (Å²) in [6.45, 7) is 7.78. The standard InChI is InChI=1S/C16H28N2/c1-12(2)14-8-7-13(3)15(11-14)16(18(5)6)9-10-17-4/h7-8,11-12,16-17H,9-10H2,1-6H3. The third-order valence-corrected chi connectivity index (χ3v) is 3.62. The molecule has 1 aromatic carbocycles. The molecule has 0 aromatic heterocycles. The lowest BCUT2D eigenvalue weighted by molar-refractivity contribution is 0.282. The van der Waals surface area contributed by atoms with Gasteiger partial charge in [-0.15, -0.1) is 0 Å². The molecule has 0 aliphatic rings. The van der Waals surface area contributed by atoms with E-state index in [9.17, 15) is 0 Å². The average molecular weight is 248 g/mol. The first-order valence-electron chi connectivity index (χ1n) is 6.88. The van der Waals surface area contributed by atoms with Gasteiger partial charge in [0.2, 0.25) is 0 Å². The first kappa shape index (κ1) is 15.2. The fraction of sp³-hybridized carbons (Fsp3) is 0.625. The van der Waals surface area contributed by atoms with Gasteiger partial charge in [0.05, 0.1) is 0 Å². The fourth-order valence-corrected chi connectivity index (χ4v) is 2.35. The van der Waals surface area contributed by atoms with Crippen LogP contribution in [0.1, 0.15) is 48.9 Å². The molecule has 1 unspecified atom stereocenters. The number of nitrogens with zero attached hydrogens (tertiary/aromatic N) is 1. The second kappa shape index (κ2) is 6.91. The van der Waals surface area contributed by atoms with Crippen molar-refractivity contribution in [1.82, 2.24) is 10.2 Å². The molecule has 1 atom stereocenters. The highest BCUT2D eigenvalue weighted by molar-refractivity contribution is 5.35. The van der Waals surface area contributed by atoms with Crippen LogP contribution in [0.5, 0.6) is 0 Å². The summed E-state index contributed by atoms with van der Waals surface area (Å²) in [7, 11) is 6.35. The van der Waals surface area contributed by atoms with Gasteiger partial charge in [0, 0.05) is 6.04 Å². The quantitative estimate of drug-likeness (QED) is 0.830. The minimum absolute atomic E-state index is 0.496. The molecule has 102 valence electrons. The van der Waals surface area contributed by atoms with Crippen LogP contribution in [-0.2, 0) is 0 Å². The van der Waals surface area contributed by atoms with E-state index >= 15 is 0 Å². The molecule has 0 radical (unpaired) electrons. The first-order chi connectivity index (χ1) is 8.47. The Hall–Kier alpha value is -0.860. The minimum Gasteiger partial charge on any atom is -0.320 e. The summed E-state index contributed by atoms with van der Waals surface area (Å²) in [5, 5.41) is 3.25. The van der Waals surface area contributed by atoms with Crippen LogP contribution in [0.4, 0.5) is 0 Å². The predicted molar refractivity (Wildman–Crippen MR) is 80.2 cm³/mol. The molecule has 0 bridgehead atoms. The van der Waals surface area contributed by atoms with E-state index in [0.29, 0.717) is 12.0 Å². The molecule has 0 heterocycles. The predicted octanol–water partition coefficient (Wildman–Crippen LogP) is 3.33. The Labute approximate surface area is 112 Å². The maximum absolute atomic E-state index is 3.25. The number of benzene rings is 1. The average Bonchev–Trinajstić information content (AvgIpc) is 2.31. The van der Waals surface area contributed by atoms with Gasteiger partial charge in [-0.3, -0.25) is 0 Å². The summed E-state index contributed by atoms with van der Waals surface area (Å²) < 4.78 is 0. The molecule has 0 fully saturated rings. The highest BCUT2D eigenvalue weighted by Crippen LogP contribution is 2.28. The molecule has 0 spiro atoms. The minimum atomic E-state index is 0.496. The van der Waals surface area contributed by atoms with E-state index in [1.165, 1.54) is 16.7 Å². The maximum atomic E-state index is 3.25. The lowest BCUT2D eigenvalue weighted by Gasteiger charge is -2.27. The monoisotopic (exact) mass is 248 g/mol. The van der Waals surface area contributed by atoms with Crippen LogP contribution in [-0.4, -0.2) is 32.6 Å². The van der Waals surface area contributed by atoms with Crippen LogP contribution in [0, 0.1) is 6.92 Å². The Morgan fingerprint density at radius 1 is 1.22 bits per heavy atom. The van der Waals surface area contributed by atoms with Gasteiger partial charge in [-0.25, -0.2) is 0 Å². The van der Waals surface area contributed by atoms with Crippen molar-refractivity contribution in [2.45, 2.75) is 39.2 Å². The van der Waals surface area contributed by atoms with Gasteiger partial charge in [-0.2, -0.15) is 0 Å². The molecule has 2 nitrogen and oxygen atoms in total. The fourth-order valence-electron chi connectivity index (χ4n) is 2.35. The molecule has 0 amide bonds. The first-order valence-corrected chi connectivity index (χ1v) is 6.88. The van der Waals surface area contributed by atoms with Gasteiger partial charge in [0.1, 0.15) is 0 Å². The van der Waals surface area contributed by atoms with Gasteiger partial charge in [-0.1, -0.05) is 32.0 Å². The molecule has 0 saturated heterocycles. The highest BCUT2D eigenvalue weighted by Gasteiger charge is 2.16. The molecular formula is C16H28N2. The van der Waals surface area contributed by atoms with Gasteiger partial charge in [-0.05, 0) is 63.6 Å². The number of hydrogen-bond acceptors (Lipinski definition) is 2. The SMILES string of the molecule is CNCCC(c1cc(C(C)C)ccc1C)N(C)C. The van der Waals surface area contributed by atoms with Gasteiger partial charge in [0.15, 0.2) is 0 Å². The molecule has 2 heteroatoms. The Morgan fingerprint density at radius 2 is 1.89 bits per heavy atom. The zero-order valence-electron chi connectivity index (χ0n) is 12.7. The summed E-state index contributed by atoms with van der Waals surface area (Å²) in [5.41, 5.74) is 4.31. The van der Waals surface area contributed by atoms with Crippen molar-refractivity contribution in [1.29, 1.82) is 0 Å². The third kappa shape index (κ3) is 3.82. The normalized spacial score (nSPS) is 13.3. The molecule has 0 aliphatic heterocycles. The van der Waals surface area contributed by atoms with E-state index in [-0.39, 0.29) is 0 Å². The van der Waals surface area contributed by atoms with Gasteiger partial charge >= 0.3 is 0 Å². The Bertz CT molecular complexity index is 369. The van der Waals surface area contributed by atoms with Crippen LogP contribution in [0.15, 0.2) is 18.2 Å². The zero-order chi connectivity index (χ0) is 13.7. The summed E-state index contributed by atoms with van der Waals surface area (Å²) >= 11 is 0. The van der Waals surface area contributed by atoms with Crippen molar-refractivity contribution in [2.75, 3.05) is 27.7 Å². The highest BCUT2D eigenvalue weighted by atomic mass is 15.1. The summed E-state index contributed by atoms with van der Waals surface area (Å²) in [6.07, 6.45) is 1.14. The molecule has 1 rings (SSSR count). The summed E-state index contributed by atoms with van der Waals surface area (Å²) in [4.78, 5) is 2.32. The zero-order valence-corrected chi connectivity index (χ0v) is 12.7. The van der Waals surface area contributed by atoms with E-state index < -0.39 is 0 Å². The Balaban J connectivity index is 3.05.